The first-order valence-corrected chi connectivity index (χ1v) is 4.62. The largest absolute Gasteiger partial charge is 0.550 e. The molecule has 0 rings (SSSR count). The molecule has 70 valence electrons. The molecule has 0 atom stereocenters. The Bertz CT molecular complexity index is 139. The van der Waals surface area contributed by atoms with Gasteiger partial charge >= 0.3 is 0 Å². The minimum absolute atomic E-state index is 0.143. The van der Waals surface area contributed by atoms with Gasteiger partial charge in [-0.3, -0.25) is 0 Å². The second-order valence-electron chi connectivity index (χ2n) is 2.88. The summed E-state index contributed by atoms with van der Waals surface area (Å²) in [7, 11) is 0. The normalized spacial score (nSPS) is 10.8. The fourth-order valence-corrected chi connectivity index (χ4v) is 0.949. The summed E-state index contributed by atoms with van der Waals surface area (Å²) < 4.78 is 0. The highest BCUT2D eigenvalue weighted by molar-refractivity contribution is 5.64. The van der Waals surface area contributed by atoms with Crippen molar-refractivity contribution in [3.63, 3.8) is 0 Å². The van der Waals surface area contributed by atoms with E-state index in [-0.39, 0.29) is 6.42 Å². The van der Waals surface area contributed by atoms with Gasteiger partial charge in [-0.05, 0) is 25.7 Å². The lowest BCUT2D eigenvalue weighted by Crippen LogP contribution is -2.21. The number of hydrogen-bond donors (Lipinski definition) is 0. The summed E-state index contributed by atoms with van der Waals surface area (Å²) in [6.45, 7) is 2.17. The van der Waals surface area contributed by atoms with E-state index >= 15 is 0 Å². The Morgan fingerprint density at radius 3 is 2.50 bits per heavy atom. The zero-order chi connectivity index (χ0) is 9.23. The van der Waals surface area contributed by atoms with Crippen LogP contribution < -0.4 is 5.11 Å². The number of carbonyl (C=O) groups excluding carboxylic acids is 1. The standard InChI is InChI=1S/C10H18O2/c1-2-3-4-5-6-7-8-9-10(11)12/h6-7H,2-5,8-9H2,1H3,(H,11,12)/p-1/b7-6-. The van der Waals surface area contributed by atoms with Crippen LogP contribution in [0.1, 0.15) is 45.4 Å². The summed E-state index contributed by atoms with van der Waals surface area (Å²) in [5, 5.41) is 9.99. The molecule has 0 aliphatic heterocycles. The maximum absolute atomic E-state index is 9.99. The summed E-state index contributed by atoms with van der Waals surface area (Å²) in [6.07, 6.45) is 9.49. The van der Waals surface area contributed by atoms with E-state index in [1.54, 1.807) is 0 Å². The summed E-state index contributed by atoms with van der Waals surface area (Å²) in [5.74, 6) is -0.965. The molecule has 2 heteroatoms. The van der Waals surface area contributed by atoms with Gasteiger partial charge in [-0.2, -0.15) is 0 Å². The van der Waals surface area contributed by atoms with Crippen molar-refractivity contribution in [2.24, 2.45) is 0 Å². The van der Waals surface area contributed by atoms with Crippen molar-refractivity contribution in [3.8, 4) is 0 Å². The first kappa shape index (κ1) is 11.2. The Labute approximate surface area is 74.3 Å². The van der Waals surface area contributed by atoms with E-state index in [1.165, 1.54) is 19.3 Å². The first-order chi connectivity index (χ1) is 5.77. The van der Waals surface area contributed by atoms with Crippen molar-refractivity contribution < 1.29 is 9.90 Å². The van der Waals surface area contributed by atoms with E-state index in [1.807, 2.05) is 6.08 Å². The zero-order valence-corrected chi connectivity index (χ0v) is 7.71. The lowest BCUT2D eigenvalue weighted by Gasteiger charge is -1.96. The number of rotatable bonds is 7. The zero-order valence-electron chi connectivity index (χ0n) is 7.71. The molecular weight excluding hydrogens is 152 g/mol. The van der Waals surface area contributed by atoms with Crippen molar-refractivity contribution in [1.82, 2.24) is 0 Å². The van der Waals surface area contributed by atoms with Crippen LogP contribution in [0.2, 0.25) is 0 Å². The molecule has 0 spiro atoms. The van der Waals surface area contributed by atoms with Crippen LogP contribution in [0.25, 0.3) is 0 Å². The highest BCUT2D eigenvalue weighted by Gasteiger charge is 1.83. The molecule has 0 fully saturated rings. The van der Waals surface area contributed by atoms with Gasteiger partial charge in [0.1, 0.15) is 0 Å². The Morgan fingerprint density at radius 1 is 1.25 bits per heavy atom. The molecule has 0 aliphatic rings. The summed E-state index contributed by atoms with van der Waals surface area (Å²) in [4.78, 5) is 9.99. The molecule has 0 aliphatic carbocycles. The molecule has 0 aromatic rings. The van der Waals surface area contributed by atoms with E-state index in [0.29, 0.717) is 6.42 Å². The second kappa shape index (κ2) is 8.31. The molecular formula is C10H17O2-. The molecule has 0 aromatic carbocycles. The maximum atomic E-state index is 9.99. The molecule has 0 saturated heterocycles. The van der Waals surface area contributed by atoms with Crippen molar-refractivity contribution in [2.45, 2.75) is 45.4 Å². The quantitative estimate of drug-likeness (QED) is 0.429. The molecule has 0 radical (unpaired) electrons. The van der Waals surface area contributed by atoms with Gasteiger partial charge in [0.05, 0.1) is 0 Å². The second-order valence-corrected chi connectivity index (χ2v) is 2.88. The van der Waals surface area contributed by atoms with E-state index in [0.717, 1.165) is 6.42 Å². The number of carboxylic acids is 1. The van der Waals surface area contributed by atoms with Crippen LogP contribution >= 0.6 is 0 Å². The van der Waals surface area contributed by atoms with Gasteiger partial charge in [-0.25, -0.2) is 0 Å². The van der Waals surface area contributed by atoms with E-state index in [4.69, 9.17) is 0 Å². The van der Waals surface area contributed by atoms with E-state index in [9.17, 15) is 9.90 Å². The van der Waals surface area contributed by atoms with Crippen LogP contribution in [0.5, 0.6) is 0 Å². The van der Waals surface area contributed by atoms with Crippen molar-refractivity contribution >= 4 is 5.97 Å². The fourth-order valence-electron chi connectivity index (χ4n) is 0.949. The van der Waals surface area contributed by atoms with Crippen LogP contribution in [0.3, 0.4) is 0 Å². The smallest absolute Gasteiger partial charge is 0.0417 e. The fraction of sp³-hybridized carbons (Fsp3) is 0.700. The Morgan fingerprint density at radius 2 is 1.92 bits per heavy atom. The highest BCUT2D eigenvalue weighted by atomic mass is 16.4. The molecule has 0 aromatic heterocycles. The maximum Gasteiger partial charge on any atom is 0.0417 e. The third-order valence-corrected chi connectivity index (χ3v) is 1.66. The monoisotopic (exact) mass is 169 g/mol. The minimum Gasteiger partial charge on any atom is -0.550 e. The summed E-state index contributed by atoms with van der Waals surface area (Å²) in [5.41, 5.74) is 0. The van der Waals surface area contributed by atoms with E-state index in [2.05, 4.69) is 13.0 Å². The number of carbonyl (C=O) groups is 1. The van der Waals surface area contributed by atoms with Crippen LogP contribution in [-0.2, 0) is 4.79 Å². The van der Waals surface area contributed by atoms with Gasteiger partial charge in [-0.1, -0.05) is 31.9 Å². The van der Waals surface area contributed by atoms with E-state index < -0.39 is 5.97 Å². The molecule has 0 amide bonds. The van der Waals surface area contributed by atoms with Gasteiger partial charge in [0, 0.05) is 5.97 Å². The molecule has 0 N–H and O–H groups in total. The lowest BCUT2D eigenvalue weighted by molar-refractivity contribution is -0.305. The van der Waals surface area contributed by atoms with Crippen LogP contribution in [-0.4, -0.2) is 5.97 Å². The lowest BCUT2D eigenvalue weighted by atomic mass is 10.2. The van der Waals surface area contributed by atoms with Crippen LogP contribution in [0.4, 0.5) is 0 Å². The molecule has 12 heavy (non-hydrogen) atoms. The SMILES string of the molecule is CCCCC/C=C\CCC(=O)[O-]. The number of unbranched alkanes of at least 4 members (excludes halogenated alkanes) is 3. The number of allylic oxidation sites excluding steroid dienone is 2. The molecule has 0 heterocycles. The van der Waals surface area contributed by atoms with Gasteiger partial charge in [0.25, 0.3) is 0 Å². The highest BCUT2D eigenvalue weighted by Crippen LogP contribution is 2.00. The minimum atomic E-state index is -0.965. The predicted octanol–water partition coefficient (Wildman–Crippen LogP) is 1.65. The number of carboxylic acid groups (broad SMARTS) is 1. The van der Waals surface area contributed by atoms with Crippen molar-refractivity contribution in [3.05, 3.63) is 12.2 Å². The number of aliphatic carboxylic acids is 1. The van der Waals surface area contributed by atoms with Gasteiger partial charge in [0.2, 0.25) is 0 Å². The third-order valence-electron chi connectivity index (χ3n) is 1.66. The molecule has 2 nitrogen and oxygen atoms in total. The predicted molar refractivity (Wildman–Crippen MR) is 47.5 cm³/mol. The molecule has 0 bridgehead atoms. The average Bonchev–Trinajstić information content (AvgIpc) is 2.02. The molecule has 0 saturated carbocycles. The van der Waals surface area contributed by atoms with Crippen molar-refractivity contribution in [2.75, 3.05) is 0 Å². The van der Waals surface area contributed by atoms with Crippen LogP contribution in [0, 0.1) is 0 Å². The topological polar surface area (TPSA) is 40.1 Å². The Kier molecular flexibility index (Phi) is 7.76. The van der Waals surface area contributed by atoms with Gasteiger partial charge < -0.3 is 9.90 Å². The Balaban J connectivity index is 3.09. The molecule has 0 unspecified atom stereocenters. The number of hydrogen-bond acceptors (Lipinski definition) is 2. The third kappa shape index (κ3) is 9.21. The van der Waals surface area contributed by atoms with Gasteiger partial charge in [0.15, 0.2) is 0 Å². The summed E-state index contributed by atoms with van der Waals surface area (Å²) in [6, 6.07) is 0. The Hall–Kier alpha value is -0.790. The average molecular weight is 169 g/mol. The van der Waals surface area contributed by atoms with Crippen LogP contribution in [0.15, 0.2) is 12.2 Å². The van der Waals surface area contributed by atoms with Crippen molar-refractivity contribution in [1.29, 1.82) is 0 Å². The summed E-state index contributed by atoms with van der Waals surface area (Å²) >= 11 is 0. The first-order valence-electron chi connectivity index (χ1n) is 4.62. The van der Waals surface area contributed by atoms with Gasteiger partial charge in [-0.15, -0.1) is 0 Å².